The van der Waals surface area contributed by atoms with E-state index in [4.69, 9.17) is 9.47 Å². The molecule has 0 aliphatic heterocycles. The molecule has 0 fully saturated rings. The molecule has 1 aromatic rings. The summed E-state index contributed by atoms with van der Waals surface area (Å²) in [5.41, 5.74) is 0.00313. The number of hydrogen-bond acceptors (Lipinski definition) is 5. The maximum Gasteiger partial charge on any atom is 0.270 e. The van der Waals surface area contributed by atoms with Crippen molar-refractivity contribution in [2.24, 2.45) is 0 Å². The Hall–Kier alpha value is -2.15. The first-order valence-electron chi connectivity index (χ1n) is 6.28. The Balaban J connectivity index is 2.70. The summed E-state index contributed by atoms with van der Waals surface area (Å²) in [5, 5.41) is 13.4. The molecular weight excluding hydrogens is 264 g/mol. The van der Waals surface area contributed by atoms with Crippen LogP contribution in [-0.4, -0.2) is 37.7 Å². The topological polar surface area (TPSA) is 90.7 Å². The number of ether oxygens (including phenoxy) is 2. The van der Waals surface area contributed by atoms with Gasteiger partial charge in [0.15, 0.2) is 0 Å². The number of rotatable bonds is 8. The molecule has 1 amide bonds. The SMILES string of the molecule is CCOCCCNC(=O)c1cc([N+](=O)[O-])ccc1OC. The average molecular weight is 282 g/mol. The first-order chi connectivity index (χ1) is 9.60. The maximum absolute atomic E-state index is 12.0. The normalized spacial score (nSPS) is 10.1. The highest BCUT2D eigenvalue weighted by atomic mass is 16.6. The van der Waals surface area contributed by atoms with Crippen LogP contribution in [-0.2, 0) is 4.74 Å². The molecule has 0 radical (unpaired) electrons. The van der Waals surface area contributed by atoms with E-state index in [2.05, 4.69) is 5.32 Å². The minimum absolute atomic E-state index is 0.148. The molecule has 0 unspecified atom stereocenters. The van der Waals surface area contributed by atoms with E-state index in [0.717, 1.165) is 0 Å². The number of hydrogen-bond donors (Lipinski definition) is 1. The van der Waals surface area contributed by atoms with Crippen molar-refractivity contribution in [3.05, 3.63) is 33.9 Å². The van der Waals surface area contributed by atoms with Crippen LogP contribution in [0.2, 0.25) is 0 Å². The number of non-ortho nitro benzene ring substituents is 1. The fourth-order valence-corrected chi connectivity index (χ4v) is 1.60. The molecule has 0 aromatic heterocycles. The van der Waals surface area contributed by atoms with Crippen molar-refractivity contribution < 1.29 is 19.2 Å². The number of carbonyl (C=O) groups is 1. The summed E-state index contributed by atoms with van der Waals surface area (Å²) < 4.78 is 10.2. The molecular formula is C13H18N2O5. The van der Waals surface area contributed by atoms with E-state index in [9.17, 15) is 14.9 Å². The van der Waals surface area contributed by atoms with Gasteiger partial charge in [0.25, 0.3) is 11.6 Å². The lowest BCUT2D eigenvalue weighted by atomic mass is 10.1. The smallest absolute Gasteiger partial charge is 0.270 e. The van der Waals surface area contributed by atoms with Gasteiger partial charge in [-0.3, -0.25) is 14.9 Å². The zero-order chi connectivity index (χ0) is 15.0. The second kappa shape index (κ2) is 8.11. The van der Waals surface area contributed by atoms with Crippen LogP contribution in [0.1, 0.15) is 23.7 Å². The lowest BCUT2D eigenvalue weighted by Crippen LogP contribution is -2.25. The van der Waals surface area contributed by atoms with E-state index in [0.29, 0.717) is 31.9 Å². The number of nitro groups is 1. The lowest BCUT2D eigenvalue weighted by Gasteiger charge is -2.09. The summed E-state index contributed by atoms with van der Waals surface area (Å²) >= 11 is 0. The number of nitro benzene ring substituents is 1. The minimum atomic E-state index is -0.550. The van der Waals surface area contributed by atoms with E-state index in [1.807, 2.05) is 6.92 Å². The highest BCUT2D eigenvalue weighted by Gasteiger charge is 2.16. The first-order valence-corrected chi connectivity index (χ1v) is 6.28. The molecule has 1 N–H and O–H groups in total. The van der Waals surface area contributed by atoms with E-state index < -0.39 is 10.8 Å². The quantitative estimate of drug-likeness (QED) is 0.445. The third kappa shape index (κ3) is 4.51. The monoisotopic (exact) mass is 282 g/mol. The van der Waals surface area contributed by atoms with Crippen LogP contribution in [0.5, 0.6) is 5.75 Å². The number of carbonyl (C=O) groups excluding carboxylic acids is 1. The Morgan fingerprint density at radius 3 is 2.80 bits per heavy atom. The number of amides is 1. The minimum Gasteiger partial charge on any atom is -0.496 e. The van der Waals surface area contributed by atoms with Crippen LogP contribution in [0.4, 0.5) is 5.69 Å². The molecule has 0 saturated heterocycles. The summed E-state index contributed by atoms with van der Waals surface area (Å²) in [6.07, 6.45) is 0.677. The molecule has 0 heterocycles. The molecule has 20 heavy (non-hydrogen) atoms. The average Bonchev–Trinajstić information content (AvgIpc) is 2.46. The molecule has 0 aliphatic carbocycles. The molecule has 1 rings (SSSR count). The van der Waals surface area contributed by atoms with Crippen LogP contribution < -0.4 is 10.1 Å². The highest BCUT2D eigenvalue weighted by Crippen LogP contribution is 2.23. The summed E-state index contributed by atoms with van der Waals surface area (Å²) in [6.45, 7) is 3.52. The standard InChI is InChI=1S/C13H18N2O5/c1-3-20-8-4-7-14-13(16)11-9-10(15(17)18)5-6-12(11)19-2/h5-6,9H,3-4,7-8H2,1-2H3,(H,14,16). The van der Waals surface area contributed by atoms with Gasteiger partial charge in [-0.25, -0.2) is 0 Å². The van der Waals surface area contributed by atoms with Gasteiger partial charge in [-0.05, 0) is 19.4 Å². The fourth-order valence-electron chi connectivity index (χ4n) is 1.60. The predicted octanol–water partition coefficient (Wildman–Crippen LogP) is 1.76. The van der Waals surface area contributed by atoms with Gasteiger partial charge in [0.2, 0.25) is 0 Å². The van der Waals surface area contributed by atoms with Crippen molar-refractivity contribution in [3.8, 4) is 5.75 Å². The van der Waals surface area contributed by atoms with E-state index in [1.165, 1.54) is 25.3 Å². The molecule has 1 aromatic carbocycles. The van der Waals surface area contributed by atoms with Gasteiger partial charge < -0.3 is 14.8 Å². The van der Waals surface area contributed by atoms with E-state index >= 15 is 0 Å². The first kappa shape index (κ1) is 15.9. The van der Waals surface area contributed by atoms with Crippen molar-refractivity contribution in [1.82, 2.24) is 5.32 Å². The molecule has 110 valence electrons. The molecule has 7 heteroatoms. The zero-order valence-electron chi connectivity index (χ0n) is 11.5. The number of benzene rings is 1. The maximum atomic E-state index is 12.0. The van der Waals surface area contributed by atoms with Crippen molar-refractivity contribution in [1.29, 1.82) is 0 Å². The predicted molar refractivity (Wildman–Crippen MR) is 73.1 cm³/mol. The summed E-state index contributed by atoms with van der Waals surface area (Å²) in [5.74, 6) is -0.0973. The van der Waals surface area contributed by atoms with E-state index in [-0.39, 0.29) is 11.3 Å². The van der Waals surface area contributed by atoms with Gasteiger partial charge >= 0.3 is 0 Å². The summed E-state index contributed by atoms with van der Waals surface area (Å²) in [7, 11) is 1.41. The Morgan fingerprint density at radius 2 is 2.20 bits per heavy atom. The molecule has 7 nitrogen and oxygen atoms in total. The van der Waals surface area contributed by atoms with Gasteiger partial charge in [-0.2, -0.15) is 0 Å². The van der Waals surface area contributed by atoms with Gasteiger partial charge in [0.1, 0.15) is 5.75 Å². The number of methoxy groups -OCH3 is 1. The van der Waals surface area contributed by atoms with Crippen LogP contribution in [0.25, 0.3) is 0 Å². The van der Waals surface area contributed by atoms with Crippen LogP contribution in [0, 0.1) is 10.1 Å². The second-order valence-corrected chi connectivity index (χ2v) is 3.95. The largest absolute Gasteiger partial charge is 0.496 e. The van der Waals surface area contributed by atoms with Crippen LogP contribution in [0.15, 0.2) is 18.2 Å². The van der Waals surface area contributed by atoms with Gasteiger partial charge in [-0.15, -0.1) is 0 Å². The highest BCUT2D eigenvalue weighted by molar-refractivity contribution is 5.97. The van der Waals surface area contributed by atoms with Crippen molar-refractivity contribution in [2.45, 2.75) is 13.3 Å². The molecule has 0 bridgehead atoms. The van der Waals surface area contributed by atoms with Crippen LogP contribution >= 0.6 is 0 Å². The van der Waals surface area contributed by atoms with Gasteiger partial charge in [0.05, 0.1) is 17.6 Å². The van der Waals surface area contributed by atoms with Gasteiger partial charge in [-0.1, -0.05) is 0 Å². The second-order valence-electron chi connectivity index (χ2n) is 3.95. The summed E-state index contributed by atoms with van der Waals surface area (Å²) in [4.78, 5) is 22.2. The van der Waals surface area contributed by atoms with Crippen LogP contribution in [0.3, 0.4) is 0 Å². The lowest BCUT2D eigenvalue weighted by molar-refractivity contribution is -0.384. The number of nitrogens with zero attached hydrogens (tertiary/aromatic N) is 1. The van der Waals surface area contributed by atoms with Crippen molar-refractivity contribution in [2.75, 3.05) is 26.9 Å². The number of nitrogens with one attached hydrogen (secondary N) is 1. The van der Waals surface area contributed by atoms with Crippen molar-refractivity contribution in [3.63, 3.8) is 0 Å². The van der Waals surface area contributed by atoms with Gasteiger partial charge in [0, 0.05) is 31.9 Å². The Morgan fingerprint density at radius 1 is 1.45 bits per heavy atom. The Labute approximate surface area is 117 Å². The molecule has 0 saturated carbocycles. The van der Waals surface area contributed by atoms with Crippen molar-refractivity contribution >= 4 is 11.6 Å². The third-order valence-corrected chi connectivity index (χ3v) is 2.59. The Kier molecular flexibility index (Phi) is 6.45. The third-order valence-electron chi connectivity index (χ3n) is 2.59. The Bertz CT molecular complexity index is 476. The molecule has 0 spiro atoms. The molecule has 0 atom stereocenters. The zero-order valence-corrected chi connectivity index (χ0v) is 11.5. The van der Waals surface area contributed by atoms with E-state index in [1.54, 1.807) is 0 Å². The fraction of sp³-hybridized carbons (Fsp3) is 0.462. The summed E-state index contributed by atoms with van der Waals surface area (Å²) in [6, 6.07) is 3.91. The molecule has 0 aliphatic rings.